The van der Waals surface area contributed by atoms with Gasteiger partial charge >= 0.3 is 0 Å². The highest BCUT2D eigenvalue weighted by Gasteiger charge is 2.23. The third kappa shape index (κ3) is 0.564. The minimum absolute atomic E-state index is 0.486. The summed E-state index contributed by atoms with van der Waals surface area (Å²) in [7, 11) is 0. The Morgan fingerprint density at radius 1 is 1.38 bits per heavy atom. The third-order valence-electron chi connectivity index (χ3n) is 1.82. The van der Waals surface area contributed by atoms with E-state index in [1.165, 1.54) is 12.8 Å². The molecule has 2 heteroatoms. The summed E-state index contributed by atoms with van der Waals surface area (Å²) in [6.07, 6.45) is 4.51. The molecule has 3 aliphatic rings. The second-order valence-corrected chi connectivity index (χ2v) is 2.46. The van der Waals surface area contributed by atoms with Gasteiger partial charge in [-0.25, -0.2) is 5.32 Å². The van der Waals surface area contributed by atoms with Crippen LogP contribution in [-0.2, 0) is 0 Å². The van der Waals surface area contributed by atoms with Crippen LogP contribution in [0.4, 0.5) is 0 Å². The van der Waals surface area contributed by atoms with Gasteiger partial charge in [-0.2, -0.15) is 0 Å². The van der Waals surface area contributed by atoms with Crippen molar-refractivity contribution < 1.29 is 0 Å². The quantitative estimate of drug-likeness (QED) is 0.425. The lowest BCUT2D eigenvalue weighted by Crippen LogP contribution is -2.41. The van der Waals surface area contributed by atoms with E-state index in [0.29, 0.717) is 12.1 Å². The summed E-state index contributed by atoms with van der Waals surface area (Å²) >= 11 is 0. The van der Waals surface area contributed by atoms with E-state index in [4.69, 9.17) is 0 Å². The molecule has 0 N–H and O–H groups in total. The van der Waals surface area contributed by atoms with Gasteiger partial charge in [0.15, 0.2) is 0 Å². The molecule has 2 nitrogen and oxygen atoms in total. The first kappa shape index (κ1) is 4.50. The molecule has 2 unspecified atom stereocenters. The van der Waals surface area contributed by atoms with Crippen molar-refractivity contribution in [3.63, 3.8) is 0 Å². The van der Waals surface area contributed by atoms with E-state index in [2.05, 4.69) is 10.3 Å². The fourth-order valence-corrected chi connectivity index (χ4v) is 1.27. The molecular weight excluding hydrogens is 100 g/mol. The van der Waals surface area contributed by atoms with Crippen LogP contribution in [0.2, 0.25) is 0 Å². The Bertz CT molecular complexity index is 97.7. The zero-order valence-electron chi connectivity index (χ0n) is 4.75. The standard InChI is InChI=1S/C6H9N2/c1-2-6-4-7-5(1)3-8-6/h3,5-6H,1-2,4H2. The second-order valence-electron chi connectivity index (χ2n) is 2.46. The Balaban J connectivity index is 2.20. The minimum atomic E-state index is 0.486. The molecule has 0 aliphatic carbocycles. The molecule has 1 saturated heterocycles. The van der Waals surface area contributed by atoms with E-state index in [9.17, 15) is 0 Å². The normalized spacial score (nSPS) is 43.0. The molecule has 0 aromatic heterocycles. The number of aliphatic imine (C=N–C) groups is 1. The lowest BCUT2D eigenvalue weighted by atomic mass is 9.99. The largest absolute Gasteiger partial charge is 0.291 e. The van der Waals surface area contributed by atoms with E-state index >= 15 is 0 Å². The van der Waals surface area contributed by atoms with E-state index < -0.39 is 0 Å². The van der Waals surface area contributed by atoms with Crippen LogP contribution in [0.25, 0.3) is 0 Å². The molecule has 3 rings (SSSR count). The molecule has 3 aliphatic heterocycles. The zero-order chi connectivity index (χ0) is 5.40. The zero-order valence-corrected chi connectivity index (χ0v) is 4.75. The first-order valence-electron chi connectivity index (χ1n) is 3.15. The number of piperidine rings is 1. The summed E-state index contributed by atoms with van der Waals surface area (Å²) in [6.45, 7) is 0.987. The SMILES string of the molecule is C1=NC2CCC1[N]C2. The number of nitrogens with zero attached hydrogens (tertiary/aromatic N) is 2. The molecule has 2 atom stereocenters. The van der Waals surface area contributed by atoms with Crippen molar-refractivity contribution in [1.82, 2.24) is 5.32 Å². The Morgan fingerprint density at radius 2 is 2.38 bits per heavy atom. The van der Waals surface area contributed by atoms with Gasteiger partial charge in [-0.15, -0.1) is 0 Å². The van der Waals surface area contributed by atoms with Crippen molar-refractivity contribution in [2.75, 3.05) is 6.54 Å². The van der Waals surface area contributed by atoms with Gasteiger partial charge < -0.3 is 0 Å². The van der Waals surface area contributed by atoms with Crippen LogP contribution in [0.3, 0.4) is 0 Å². The Morgan fingerprint density at radius 3 is 2.50 bits per heavy atom. The summed E-state index contributed by atoms with van der Waals surface area (Å²) in [5, 5.41) is 4.35. The van der Waals surface area contributed by atoms with Crippen LogP contribution in [0.15, 0.2) is 4.99 Å². The predicted octanol–water partition coefficient (Wildman–Crippen LogP) is 0.206. The van der Waals surface area contributed by atoms with Crippen molar-refractivity contribution in [3.8, 4) is 0 Å². The first-order valence-corrected chi connectivity index (χ1v) is 3.15. The van der Waals surface area contributed by atoms with Crippen molar-refractivity contribution in [1.29, 1.82) is 0 Å². The Labute approximate surface area is 49.0 Å². The molecule has 43 valence electrons. The lowest BCUT2D eigenvalue weighted by molar-refractivity contribution is 0.394. The van der Waals surface area contributed by atoms with Crippen LogP contribution in [0.5, 0.6) is 0 Å². The van der Waals surface area contributed by atoms with Crippen LogP contribution < -0.4 is 5.32 Å². The number of hydrogen-bond acceptors (Lipinski definition) is 1. The molecule has 0 aromatic carbocycles. The number of hydrogen-bond donors (Lipinski definition) is 0. The highest BCUT2D eigenvalue weighted by atomic mass is 15.0. The molecule has 8 heavy (non-hydrogen) atoms. The van der Waals surface area contributed by atoms with Crippen LogP contribution in [0, 0.1) is 0 Å². The van der Waals surface area contributed by atoms with Crippen molar-refractivity contribution in [2.45, 2.75) is 24.9 Å². The van der Waals surface area contributed by atoms with Crippen molar-refractivity contribution >= 4 is 6.21 Å². The monoisotopic (exact) mass is 109 g/mol. The summed E-state index contributed by atoms with van der Waals surface area (Å²) in [5.41, 5.74) is 0. The average molecular weight is 109 g/mol. The molecule has 0 amide bonds. The summed E-state index contributed by atoms with van der Waals surface area (Å²) in [4.78, 5) is 4.28. The third-order valence-corrected chi connectivity index (χ3v) is 1.82. The molecule has 1 fully saturated rings. The smallest absolute Gasteiger partial charge is 0.0638 e. The summed E-state index contributed by atoms with van der Waals surface area (Å²) in [5.74, 6) is 0. The van der Waals surface area contributed by atoms with Gasteiger partial charge in [-0.3, -0.25) is 4.99 Å². The number of rotatable bonds is 0. The Kier molecular flexibility index (Phi) is 0.875. The minimum Gasteiger partial charge on any atom is -0.291 e. The molecule has 1 radical (unpaired) electrons. The van der Waals surface area contributed by atoms with Gasteiger partial charge in [0.25, 0.3) is 0 Å². The maximum absolute atomic E-state index is 4.35. The van der Waals surface area contributed by atoms with E-state index in [1.54, 1.807) is 0 Å². The fourth-order valence-electron chi connectivity index (χ4n) is 1.27. The van der Waals surface area contributed by atoms with Gasteiger partial charge in [0.2, 0.25) is 0 Å². The van der Waals surface area contributed by atoms with Crippen molar-refractivity contribution in [2.24, 2.45) is 4.99 Å². The van der Waals surface area contributed by atoms with E-state index in [-0.39, 0.29) is 0 Å². The van der Waals surface area contributed by atoms with Crippen LogP contribution in [0.1, 0.15) is 12.8 Å². The molecule has 3 heterocycles. The molecule has 0 saturated carbocycles. The van der Waals surface area contributed by atoms with Crippen molar-refractivity contribution in [3.05, 3.63) is 0 Å². The van der Waals surface area contributed by atoms with Gasteiger partial charge in [-0.1, -0.05) is 0 Å². The highest BCUT2D eigenvalue weighted by Crippen LogP contribution is 2.15. The number of fused-ring (bicyclic) bond motifs is 2. The van der Waals surface area contributed by atoms with Gasteiger partial charge in [0.05, 0.1) is 12.1 Å². The molecule has 0 aromatic rings. The molecule has 2 bridgehead atoms. The van der Waals surface area contributed by atoms with E-state index in [1.807, 2.05) is 6.21 Å². The van der Waals surface area contributed by atoms with Gasteiger partial charge in [0, 0.05) is 12.8 Å². The first-order chi connectivity index (χ1) is 3.95. The fraction of sp³-hybridized carbons (Fsp3) is 0.833. The van der Waals surface area contributed by atoms with Gasteiger partial charge in [-0.05, 0) is 12.8 Å². The molecule has 0 spiro atoms. The van der Waals surface area contributed by atoms with Crippen LogP contribution >= 0.6 is 0 Å². The summed E-state index contributed by atoms with van der Waals surface area (Å²) < 4.78 is 0. The summed E-state index contributed by atoms with van der Waals surface area (Å²) in [6, 6.07) is 1.04. The lowest BCUT2D eigenvalue weighted by Gasteiger charge is -2.28. The van der Waals surface area contributed by atoms with E-state index in [0.717, 1.165) is 6.54 Å². The highest BCUT2D eigenvalue weighted by molar-refractivity contribution is 5.66. The van der Waals surface area contributed by atoms with Gasteiger partial charge in [0.1, 0.15) is 0 Å². The maximum atomic E-state index is 4.35. The van der Waals surface area contributed by atoms with Crippen LogP contribution in [-0.4, -0.2) is 24.8 Å². The average Bonchev–Trinajstić information content (AvgIpc) is 1.92. The predicted molar refractivity (Wildman–Crippen MR) is 32.3 cm³/mol. The molecular formula is C6H9N2. The second kappa shape index (κ2) is 1.55. The maximum Gasteiger partial charge on any atom is 0.0638 e. The Hall–Kier alpha value is -0.370. The topological polar surface area (TPSA) is 26.5 Å².